The van der Waals surface area contributed by atoms with Crippen LogP contribution < -0.4 is 5.01 Å². The number of hydrogen-bond acceptors (Lipinski definition) is 3. The number of rotatable bonds is 2. The van der Waals surface area contributed by atoms with Crippen molar-refractivity contribution in [3.05, 3.63) is 28.2 Å². The van der Waals surface area contributed by atoms with E-state index < -0.39 is 11.7 Å². The number of carbonyl (C=O) groups is 1. The Morgan fingerprint density at radius 2 is 1.94 bits per heavy atom. The van der Waals surface area contributed by atoms with Crippen LogP contribution in [0.3, 0.4) is 0 Å². The van der Waals surface area contributed by atoms with E-state index in [0.717, 1.165) is 5.01 Å². The second-order valence-corrected chi connectivity index (χ2v) is 5.35. The van der Waals surface area contributed by atoms with Crippen molar-refractivity contribution in [3.8, 4) is 0 Å². The molecule has 0 saturated carbocycles. The molecular formula is C12H14Cl2N2O2. The van der Waals surface area contributed by atoms with Gasteiger partial charge in [0.2, 0.25) is 0 Å². The Balaban J connectivity index is 2.99. The van der Waals surface area contributed by atoms with Crippen LogP contribution in [-0.4, -0.2) is 18.4 Å². The Hall–Kier alpha value is -1.26. The number of nitrogens with zero attached hydrogens (tertiary/aromatic N) is 2. The van der Waals surface area contributed by atoms with Gasteiger partial charge in [0.15, 0.2) is 0 Å². The normalized spacial score (nSPS) is 10.9. The summed E-state index contributed by atoms with van der Waals surface area (Å²) in [6.45, 7) is 8.63. The quantitative estimate of drug-likeness (QED) is 0.600. The molecule has 0 aliphatic heterocycles. The number of hydrogen-bond donors (Lipinski definition) is 0. The van der Waals surface area contributed by atoms with Gasteiger partial charge in [-0.3, -0.25) is 0 Å². The highest BCUT2D eigenvalue weighted by Crippen LogP contribution is 2.28. The molecule has 0 aromatic heterocycles. The number of carbonyl (C=O) groups excluding carboxylic acids is 1. The van der Waals surface area contributed by atoms with E-state index in [2.05, 4.69) is 11.8 Å². The minimum Gasteiger partial charge on any atom is -0.442 e. The molecule has 6 heteroatoms. The van der Waals surface area contributed by atoms with Crippen LogP contribution in [0.15, 0.2) is 23.3 Å². The molecule has 0 spiro atoms. The van der Waals surface area contributed by atoms with E-state index in [0.29, 0.717) is 15.7 Å². The van der Waals surface area contributed by atoms with Crippen molar-refractivity contribution in [3.63, 3.8) is 0 Å². The van der Waals surface area contributed by atoms with Gasteiger partial charge in [-0.15, -0.1) is 0 Å². The van der Waals surface area contributed by atoms with Gasteiger partial charge in [0.05, 0.1) is 15.7 Å². The lowest BCUT2D eigenvalue weighted by Crippen LogP contribution is -2.33. The summed E-state index contributed by atoms with van der Waals surface area (Å²) in [6, 6.07) is 4.69. The smallest absolute Gasteiger partial charge is 0.435 e. The topological polar surface area (TPSA) is 41.9 Å². The van der Waals surface area contributed by atoms with Crippen LogP contribution in [0.2, 0.25) is 10.0 Å². The summed E-state index contributed by atoms with van der Waals surface area (Å²) in [7, 11) is 0. The van der Waals surface area contributed by atoms with Crippen molar-refractivity contribution in [1.29, 1.82) is 0 Å². The number of benzene rings is 1. The predicted octanol–water partition coefficient (Wildman–Crippen LogP) is 4.35. The third-order valence-corrected chi connectivity index (χ3v) is 2.59. The summed E-state index contributed by atoms with van der Waals surface area (Å²) in [6.07, 6.45) is -0.629. The minimum absolute atomic E-state index is 0.325. The molecule has 0 saturated heterocycles. The summed E-state index contributed by atoms with van der Waals surface area (Å²) in [5, 5.41) is 5.36. The average molecular weight is 289 g/mol. The van der Waals surface area contributed by atoms with Gasteiger partial charge in [-0.2, -0.15) is 10.1 Å². The van der Waals surface area contributed by atoms with E-state index in [1.165, 1.54) is 6.07 Å². The van der Waals surface area contributed by atoms with Gasteiger partial charge in [0.1, 0.15) is 5.60 Å². The van der Waals surface area contributed by atoms with E-state index in [1.54, 1.807) is 32.9 Å². The maximum absolute atomic E-state index is 11.9. The lowest BCUT2D eigenvalue weighted by molar-refractivity contribution is 0.0581. The summed E-state index contributed by atoms with van der Waals surface area (Å²) < 4.78 is 5.19. The Morgan fingerprint density at radius 1 is 1.33 bits per heavy atom. The molecule has 18 heavy (non-hydrogen) atoms. The Bertz CT molecular complexity index is 470. The standard InChI is InChI=1S/C12H14Cl2N2O2/c1-12(2,3)18-11(17)16(15-4)8-5-6-9(13)10(14)7-8/h5-7H,4H2,1-3H3. The van der Waals surface area contributed by atoms with Crippen LogP contribution in [-0.2, 0) is 4.74 Å². The summed E-state index contributed by atoms with van der Waals surface area (Å²) >= 11 is 11.7. The molecule has 0 N–H and O–H groups in total. The minimum atomic E-state index is -0.629. The maximum atomic E-state index is 11.9. The first-order valence-electron chi connectivity index (χ1n) is 5.19. The first-order chi connectivity index (χ1) is 8.24. The summed E-state index contributed by atoms with van der Waals surface area (Å²) in [5.74, 6) is 0. The molecule has 0 radical (unpaired) electrons. The fourth-order valence-corrected chi connectivity index (χ4v) is 1.46. The zero-order chi connectivity index (χ0) is 13.9. The number of amides is 1. The molecule has 1 amide bonds. The van der Waals surface area contributed by atoms with Gasteiger partial charge in [0.25, 0.3) is 0 Å². The van der Waals surface area contributed by atoms with Gasteiger partial charge in [-0.25, -0.2) is 4.79 Å². The van der Waals surface area contributed by atoms with E-state index in [-0.39, 0.29) is 0 Å². The molecule has 1 rings (SSSR count). The van der Waals surface area contributed by atoms with Gasteiger partial charge in [-0.05, 0) is 39.0 Å². The van der Waals surface area contributed by atoms with Crippen LogP contribution >= 0.6 is 23.2 Å². The van der Waals surface area contributed by atoms with Crippen LogP contribution in [0.4, 0.5) is 10.5 Å². The largest absolute Gasteiger partial charge is 0.442 e. The third kappa shape index (κ3) is 3.89. The molecule has 0 aliphatic rings. The number of halogens is 2. The molecule has 98 valence electrons. The number of anilines is 1. The molecule has 0 atom stereocenters. The molecule has 1 aromatic carbocycles. The van der Waals surface area contributed by atoms with Crippen molar-refractivity contribution in [1.82, 2.24) is 0 Å². The van der Waals surface area contributed by atoms with Crippen LogP contribution in [0.1, 0.15) is 20.8 Å². The van der Waals surface area contributed by atoms with Gasteiger partial charge in [0, 0.05) is 6.72 Å². The van der Waals surface area contributed by atoms with Gasteiger partial charge >= 0.3 is 6.09 Å². The SMILES string of the molecule is C=NN(C(=O)OC(C)(C)C)c1ccc(Cl)c(Cl)c1. The van der Waals surface area contributed by atoms with Crippen molar-refractivity contribution in [2.75, 3.05) is 5.01 Å². The Kier molecular flexibility index (Phi) is 4.59. The first-order valence-corrected chi connectivity index (χ1v) is 5.95. The van der Waals surface area contributed by atoms with Crippen LogP contribution in [0, 0.1) is 0 Å². The lowest BCUT2D eigenvalue weighted by atomic mass is 10.2. The van der Waals surface area contributed by atoms with Crippen LogP contribution in [0.5, 0.6) is 0 Å². The van der Waals surface area contributed by atoms with Crippen molar-refractivity contribution in [2.24, 2.45) is 5.10 Å². The van der Waals surface area contributed by atoms with Crippen LogP contribution in [0.25, 0.3) is 0 Å². The Labute approximate surface area is 116 Å². The average Bonchev–Trinajstić information content (AvgIpc) is 2.21. The van der Waals surface area contributed by atoms with Crippen molar-refractivity contribution in [2.45, 2.75) is 26.4 Å². The fraction of sp³-hybridized carbons (Fsp3) is 0.333. The molecule has 0 bridgehead atoms. The lowest BCUT2D eigenvalue weighted by Gasteiger charge is -2.24. The second kappa shape index (κ2) is 5.59. The number of hydrazone groups is 1. The molecule has 0 unspecified atom stereocenters. The highest BCUT2D eigenvalue weighted by molar-refractivity contribution is 6.42. The fourth-order valence-electron chi connectivity index (χ4n) is 1.17. The van der Waals surface area contributed by atoms with Crippen molar-refractivity contribution < 1.29 is 9.53 Å². The molecule has 0 fully saturated rings. The van der Waals surface area contributed by atoms with E-state index in [9.17, 15) is 4.79 Å². The zero-order valence-electron chi connectivity index (χ0n) is 10.4. The second-order valence-electron chi connectivity index (χ2n) is 4.53. The van der Waals surface area contributed by atoms with E-state index in [4.69, 9.17) is 27.9 Å². The van der Waals surface area contributed by atoms with Crippen molar-refractivity contribution >= 4 is 41.7 Å². The predicted molar refractivity (Wildman–Crippen MR) is 74.7 cm³/mol. The van der Waals surface area contributed by atoms with E-state index in [1.807, 2.05) is 0 Å². The summed E-state index contributed by atoms with van der Waals surface area (Å²) in [5.41, 5.74) is -0.176. The van der Waals surface area contributed by atoms with Gasteiger partial charge in [-0.1, -0.05) is 23.2 Å². The highest BCUT2D eigenvalue weighted by atomic mass is 35.5. The van der Waals surface area contributed by atoms with E-state index >= 15 is 0 Å². The molecule has 4 nitrogen and oxygen atoms in total. The zero-order valence-corrected chi connectivity index (χ0v) is 11.9. The third-order valence-electron chi connectivity index (χ3n) is 1.86. The molecule has 0 heterocycles. The monoisotopic (exact) mass is 288 g/mol. The summed E-state index contributed by atoms with van der Waals surface area (Å²) in [4.78, 5) is 11.9. The number of ether oxygens (including phenoxy) is 1. The molecular weight excluding hydrogens is 275 g/mol. The molecule has 0 aliphatic carbocycles. The maximum Gasteiger partial charge on any atom is 0.435 e. The Morgan fingerprint density at radius 3 is 2.39 bits per heavy atom. The van der Waals surface area contributed by atoms with Gasteiger partial charge < -0.3 is 4.74 Å². The first kappa shape index (κ1) is 14.8. The molecule has 1 aromatic rings. The highest BCUT2D eigenvalue weighted by Gasteiger charge is 2.23.